The van der Waals surface area contributed by atoms with Gasteiger partial charge in [0.2, 0.25) is 5.88 Å². The number of furan rings is 1. The van der Waals surface area contributed by atoms with Crippen molar-refractivity contribution in [2.45, 2.75) is 13.5 Å². The highest BCUT2D eigenvalue weighted by atomic mass is 16.3. The number of carbonyl (C=O) groups is 1. The predicted octanol–water partition coefficient (Wildman–Crippen LogP) is 5.12. The third kappa shape index (κ3) is 4.56. The average molecular weight is 503 g/mol. The number of pyridine rings is 1. The second kappa shape index (κ2) is 10.3. The summed E-state index contributed by atoms with van der Waals surface area (Å²) in [6.45, 7) is 1.35. The Labute approximate surface area is 218 Å². The normalized spacial score (nSPS) is 11.1. The number of nitrogens with zero attached hydrogens (tertiary/aromatic N) is 4. The van der Waals surface area contributed by atoms with Gasteiger partial charge < -0.3 is 9.52 Å². The van der Waals surface area contributed by atoms with Gasteiger partial charge in [-0.1, -0.05) is 48.5 Å². The standard InChI is InChI=1S/C30H22N4O4/c1-20-25(17-31)29(36)33(19-24-13-8-16-38-24)30(37)27(20)26(35)15-14-22-18-34(23-11-6-3-7-12-23)32-28(22)21-9-4-2-5-10-21/h2-16,18,37H,19H2,1H3/b15-14+. The molecule has 5 aromatic rings. The van der Waals surface area contributed by atoms with Gasteiger partial charge in [0.15, 0.2) is 5.78 Å². The minimum atomic E-state index is -0.699. The van der Waals surface area contributed by atoms with Crippen LogP contribution in [0.15, 0.2) is 101 Å². The molecule has 0 radical (unpaired) electrons. The molecule has 8 nitrogen and oxygen atoms in total. The number of hydrogen-bond acceptors (Lipinski definition) is 6. The molecule has 0 aliphatic heterocycles. The largest absolute Gasteiger partial charge is 0.494 e. The molecule has 8 heteroatoms. The van der Waals surface area contributed by atoms with Crippen LogP contribution in [0.4, 0.5) is 0 Å². The average Bonchev–Trinajstić information content (AvgIpc) is 3.61. The maximum Gasteiger partial charge on any atom is 0.271 e. The molecule has 0 aliphatic carbocycles. The lowest BCUT2D eigenvalue weighted by molar-refractivity contribution is 0.104. The van der Waals surface area contributed by atoms with Crippen molar-refractivity contribution < 1.29 is 14.3 Å². The Bertz CT molecular complexity index is 1740. The van der Waals surface area contributed by atoms with Crippen LogP contribution in [0.1, 0.15) is 32.8 Å². The number of rotatable bonds is 7. The summed E-state index contributed by atoms with van der Waals surface area (Å²) in [4.78, 5) is 26.3. The van der Waals surface area contributed by atoms with Gasteiger partial charge in [0.1, 0.15) is 17.4 Å². The SMILES string of the molecule is Cc1c(C(=O)/C=C/c2cn(-c3ccccc3)nc2-c2ccccc2)c(O)n(Cc2ccco2)c(=O)c1C#N. The van der Waals surface area contributed by atoms with Gasteiger partial charge in [0.25, 0.3) is 5.56 Å². The van der Waals surface area contributed by atoms with Crippen LogP contribution in [0.5, 0.6) is 5.88 Å². The Morgan fingerprint density at radius 1 is 1.08 bits per heavy atom. The number of allylic oxidation sites excluding steroid dienone is 1. The second-order valence-corrected chi connectivity index (χ2v) is 8.56. The zero-order chi connectivity index (χ0) is 26.6. The minimum absolute atomic E-state index is 0.114. The molecular weight excluding hydrogens is 480 g/mol. The van der Waals surface area contributed by atoms with Gasteiger partial charge in [-0.3, -0.25) is 14.2 Å². The molecule has 0 bridgehead atoms. The Kier molecular flexibility index (Phi) is 6.57. The number of carbonyl (C=O) groups excluding carboxylic acids is 1. The second-order valence-electron chi connectivity index (χ2n) is 8.56. The van der Waals surface area contributed by atoms with Crippen molar-refractivity contribution in [2.24, 2.45) is 0 Å². The van der Waals surface area contributed by atoms with E-state index in [0.29, 0.717) is 17.0 Å². The molecule has 0 fully saturated rings. The van der Waals surface area contributed by atoms with Crippen LogP contribution in [-0.2, 0) is 6.54 Å². The first-order chi connectivity index (χ1) is 18.5. The zero-order valence-electron chi connectivity index (χ0n) is 20.4. The van der Waals surface area contributed by atoms with Crippen molar-refractivity contribution in [1.29, 1.82) is 5.26 Å². The molecule has 0 saturated heterocycles. The summed E-state index contributed by atoms with van der Waals surface area (Å²) in [6, 6.07) is 24.3. The Morgan fingerprint density at radius 2 is 1.79 bits per heavy atom. The van der Waals surface area contributed by atoms with Gasteiger partial charge in [0, 0.05) is 17.3 Å². The van der Waals surface area contributed by atoms with Crippen LogP contribution in [-0.4, -0.2) is 25.2 Å². The van der Waals surface area contributed by atoms with Gasteiger partial charge in [-0.05, 0) is 48.9 Å². The molecule has 3 heterocycles. The van der Waals surface area contributed by atoms with Crippen molar-refractivity contribution in [1.82, 2.24) is 14.3 Å². The third-order valence-electron chi connectivity index (χ3n) is 6.17. The number of nitriles is 1. The van der Waals surface area contributed by atoms with Crippen molar-refractivity contribution >= 4 is 11.9 Å². The minimum Gasteiger partial charge on any atom is -0.494 e. The molecule has 1 N–H and O–H groups in total. The molecule has 186 valence electrons. The Hall–Kier alpha value is -5.42. The molecule has 3 aromatic heterocycles. The number of aromatic nitrogens is 3. The summed E-state index contributed by atoms with van der Waals surface area (Å²) < 4.78 is 7.98. The van der Waals surface area contributed by atoms with Crippen molar-refractivity contribution in [3.05, 3.63) is 130 Å². The summed E-state index contributed by atoms with van der Waals surface area (Å²) in [6.07, 6.45) is 6.17. The molecule has 2 aromatic carbocycles. The molecule has 38 heavy (non-hydrogen) atoms. The monoisotopic (exact) mass is 502 g/mol. The molecule has 0 saturated carbocycles. The van der Waals surface area contributed by atoms with Crippen LogP contribution in [0.25, 0.3) is 23.0 Å². The lowest BCUT2D eigenvalue weighted by Crippen LogP contribution is -2.26. The summed E-state index contributed by atoms with van der Waals surface area (Å²) in [5.41, 5.74) is 2.14. The van der Waals surface area contributed by atoms with Gasteiger partial charge in [0.05, 0.1) is 29.8 Å². The smallest absolute Gasteiger partial charge is 0.271 e. The van der Waals surface area contributed by atoms with E-state index >= 15 is 0 Å². The fourth-order valence-corrected chi connectivity index (χ4v) is 4.24. The number of aromatic hydroxyl groups is 1. The van der Waals surface area contributed by atoms with Crippen molar-refractivity contribution in [3.63, 3.8) is 0 Å². The summed E-state index contributed by atoms with van der Waals surface area (Å²) in [5, 5.41) is 25.3. The first kappa shape index (κ1) is 24.3. The van der Waals surface area contributed by atoms with Crippen molar-refractivity contribution in [2.75, 3.05) is 0 Å². The van der Waals surface area contributed by atoms with E-state index in [0.717, 1.165) is 15.8 Å². The van der Waals surface area contributed by atoms with Crippen LogP contribution < -0.4 is 5.56 Å². The molecule has 0 aliphatic rings. The predicted molar refractivity (Wildman–Crippen MR) is 142 cm³/mol. The quantitative estimate of drug-likeness (QED) is 0.244. The van der Waals surface area contributed by atoms with Crippen LogP contribution in [0.3, 0.4) is 0 Å². The van der Waals surface area contributed by atoms with E-state index in [2.05, 4.69) is 0 Å². The van der Waals surface area contributed by atoms with Gasteiger partial charge >= 0.3 is 0 Å². The molecular formula is C30H22N4O4. The Morgan fingerprint density at radius 3 is 2.45 bits per heavy atom. The Balaban J connectivity index is 1.58. The number of ketones is 1. The highest BCUT2D eigenvalue weighted by Gasteiger charge is 2.23. The van der Waals surface area contributed by atoms with E-state index in [4.69, 9.17) is 9.52 Å². The van der Waals surface area contributed by atoms with Gasteiger partial charge in [-0.2, -0.15) is 10.4 Å². The maximum atomic E-state index is 13.4. The van der Waals surface area contributed by atoms with E-state index in [-0.39, 0.29) is 23.2 Å². The van der Waals surface area contributed by atoms with E-state index in [9.17, 15) is 20.0 Å². The van der Waals surface area contributed by atoms with Gasteiger partial charge in [-0.15, -0.1) is 0 Å². The van der Waals surface area contributed by atoms with E-state index < -0.39 is 17.2 Å². The topological polar surface area (TPSA) is 114 Å². The first-order valence-corrected chi connectivity index (χ1v) is 11.8. The molecule has 0 atom stereocenters. The highest BCUT2D eigenvalue weighted by Crippen LogP contribution is 2.27. The van der Waals surface area contributed by atoms with Crippen LogP contribution in [0, 0.1) is 18.3 Å². The third-order valence-corrected chi connectivity index (χ3v) is 6.17. The molecule has 0 unspecified atom stereocenters. The molecule has 5 rings (SSSR count). The zero-order valence-corrected chi connectivity index (χ0v) is 20.4. The molecule has 0 spiro atoms. The van der Waals surface area contributed by atoms with Crippen LogP contribution >= 0.6 is 0 Å². The fourth-order valence-electron chi connectivity index (χ4n) is 4.24. The van der Waals surface area contributed by atoms with E-state index in [1.807, 2.05) is 72.9 Å². The number of hydrogen-bond donors (Lipinski definition) is 1. The fraction of sp³-hybridized carbons (Fsp3) is 0.0667. The summed E-state index contributed by atoms with van der Waals surface area (Å²) in [7, 11) is 0. The first-order valence-electron chi connectivity index (χ1n) is 11.8. The van der Waals surface area contributed by atoms with Crippen molar-refractivity contribution in [3.8, 4) is 28.9 Å². The number of para-hydroxylation sites is 1. The summed E-state index contributed by atoms with van der Waals surface area (Å²) >= 11 is 0. The van der Waals surface area contributed by atoms with E-state index in [1.165, 1.54) is 19.3 Å². The highest BCUT2D eigenvalue weighted by molar-refractivity contribution is 6.09. The van der Waals surface area contributed by atoms with Gasteiger partial charge in [-0.25, -0.2) is 4.68 Å². The lowest BCUT2D eigenvalue weighted by atomic mass is 10.0. The lowest BCUT2D eigenvalue weighted by Gasteiger charge is -2.13. The van der Waals surface area contributed by atoms with E-state index in [1.54, 1.807) is 22.9 Å². The maximum absolute atomic E-state index is 13.4. The molecule has 0 amide bonds. The number of benzene rings is 2. The summed E-state index contributed by atoms with van der Waals surface area (Å²) in [5.74, 6) is -0.693. The van der Waals surface area contributed by atoms with Crippen LogP contribution in [0.2, 0.25) is 0 Å².